The van der Waals surface area contributed by atoms with Crippen LogP contribution in [0.3, 0.4) is 0 Å². The van der Waals surface area contributed by atoms with Gasteiger partial charge in [0, 0.05) is 22.2 Å². The maximum Gasteiger partial charge on any atom is 0.320 e. The van der Waals surface area contributed by atoms with Gasteiger partial charge in [-0.2, -0.15) is 0 Å². The predicted octanol–water partition coefficient (Wildman–Crippen LogP) is 4.13. The zero-order valence-electron chi connectivity index (χ0n) is 15.9. The van der Waals surface area contributed by atoms with E-state index in [1.54, 1.807) is 12.1 Å². The molecular formula is C20H26Cl3N3O3. The van der Waals surface area contributed by atoms with Crippen molar-refractivity contribution in [1.82, 2.24) is 0 Å². The quantitative estimate of drug-likeness (QED) is 0.361. The number of nitrogens with two attached hydrogens (primary N) is 3. The summed E-state index contributed by atoms with van der Waals surface area (Å²) in [5, 5.41) is 10.0. The lowest BCUT2D eigenvalue weighted by molar-refractivity contribution is -0.138. The second-order valence-electron chi connectivity index (χ2n) is 5.81. The molecular weight excluding hydrogens is 437 g/mol. The molecule has 0 fully saturated rings. The summed E-state index contributed by atoms with van der Waals surface area (Å²) in [7, 11) is 0. The SMILES string of the molecule is NCCCC[C@H](N)C(=O)O.NCc1ccccc1Cl.O=Cc1ccc(Cl)cc1Cl. The van der Waals surface area contributed by atoms with Gasteiger partial charge in [0.1, 0.15) is 6.04 Å². The number of carbonyl (C=O) groups excluding carboxylic acids is 1. The Hall–Kier alpha value is -1.67. The molecule has 29 heavy (non-hydrogen) atoms. The lowest BCUT2D eigenvalue weighted by atomic mass is 10.1. The van der Waals surface area contributed by atoms with Crippen LogP contribution in [0.25, 0.3) is 0 Å². The number of hydrogen-bond donors (Lipinski definition) is 4. The number of rotatable bonds is 7. The van der Waals surface area contributed by atoms with E-state index in [4.69, 9.17) is 57.1 Å². The Labute approximate surface area is 185 Å². The van der Waals surface area contributed by atoms with Crippen LogP contribution in [0.15, 0.2) is 42.5 Å². The van der Waals surface area contributed by atoms with Crippen molar-refractivity contribution in [2.24, 2.45) is 17.2 Å². The molecule has 0 radical (unpaired) electrons. The molecule has 0 unspecified atom stereocenters. The number of benzene rings is 2. The van der Waals surface area contributed by atoms with Crippen molar-refractivity contribution in [1.29, 1.82) is 0 Å². The average Bonchev–Trinajstić information content (AvgIpc) is 2.69. The molecule has 0 saturated carbocycles. The van der Waals surface area contributed by atoms with E-state index >= 15 is 0 Å². The summed E-state index contributed by atoms with van der Waals surface area (Å²) < 4.78 is 0. The highest BCUT2D eigenvalue weighted by molar-refractivity contribution is 6.36. The summed E-state index contributed by atoms with van der Waals surface area (Å²) in [6, 6.07) is 11.6. The highest BCUT2D eigenvalue weighted by Crippen LogP contribution is 2.19. The van der Waals surface area contributed by atoms with E-state index in [1.165, 1.54) is 6.07 Å². The first-order valence-electron chi connectivity index (χ1n) is 8.78. The van der Waals surface area contributed by atoms with Gasteiger partial charge in [0.15, 0.2) is 6.29 Å². The molecule has 6 nitrogen and oxygen atoms in total. The molecule has 0 spiro atoms. The topological polar surface area (TPSA) is 132 Å². The Morgan fingerprint density at radius 2 is 1.69 bits per heavy atom. The van der Waals surface area contributed by atoms with Crippen LogP contribution >= 0.6 is 34.8 Å². The third-order valence-electron chi connectivity index (χ3n) is 3.55. The first kappa shape index (κ1) is 27.3. The van der Waals surface area contributed by atoms with Crippen molar-refractivity contribution in [3.63, 3.8) is 0 Å². The fraction of sp³-hybridized carbons (Fsp3) is 0.300. The van der Waals surface area contributed by atoms with E-state index in [0.29, 0.717) is 41.4 Å². The summed E-state index contributed by atoms with van der Waals surface area (Å²) in [5.74, 6) is -0.933. The van der Waals surface area contributed by atoms with Crippen molar-refractivity contribution in [3.8, 4) is 0 Å². The summed E-state index contributed by atoms with van der Waals surface area (Å²) in [6.07, 6.45) is 2.86. The number of aliphatic carboxylic acids is 1. The second kappa shape index (κ2) is 16.2. The highest BCUT2D eigenvalue weighted by Gasteiger charge is 2.09. The van der Waals surface area contributed by atoms with Crippen molar-refractivity contribution >= 4 is 47.1 Å². The number of unbranched alkanes of at least 4 members (excludes halogenated alkanes) is 1. The molecule has 0 aliphatic rings. The molecule has 2 aromatic carbocycles. The number of carboxylic acid groups (broad SMARTS) is 1. The number of carbonyl (C=O) groups is 2. The van der Waals surface area contributed by atoms with E-state index in [9.17, 15) is 9.59 Å². The Morgan fingerprint density at radius 3 is 2.14 bits per heavy atom. The van der Waals surface area contributed by atoms with E-state index < -0.39 is 12.0 Å². The maximum atomic E-state index is 10.2. The molecule has 0 aliphatic heterocycles. The van der Waals surface area contributed by atoms with E-state index in [2.05, 4.69) is 0 Å². The monoisotopic (exact) mass is 461 g/mol. The van der Waals surface area contributed by atoms with Crippen molar-refractivity contribution in [2.75, 3.05) is 6.54 Å². The minimum absolute atomic E-state index is 0.391. The zero-order valence-corrected chi connectivity index (χ0v) is 18.1. The summed E-state index contributed by atoms with van der Waals surface area (Å²) in [6.45, 7) is 1.12. The first-order valence-corrected chi connectivity index (χ1v) is 9.92. The maximum absolute atomic E-state index is 10.2. The Kier molecular flexibility index (Phi) is 15.2. The number of carboxylic acids is 1. The van der Waals surface area contributed by atoms with Gasteiger partial charge in [-0.05, 0) is 49.2 Å². The molecule has 0 saturated heterocycles. The van der Waals surface area contributed by atoms with Gasteiger partial charge in [-0.25, -0.2) is 0 Å². The van der Waals surface area contributed by atoms with Gasteiger partial charge in [0.05, 0.1) is 5.02 Å². The molecule has 160 valence electrons. The van der Waals surface area contributed by atoms with Gasteiger partial charge in [0.25, 0.3) is 0 Å². The molecule has 2 rings (SSSR count). The minimum atomic E-state index is -0.933. The van der Waals surface area contributed by atoms with Crippen LogP contribution in [-0.2, 0) is 11.3 Å². The van der Waals surface area contributed by atoms with Crippen molar-refractivity contribution < 1.29 is 14.7 Å². The standard InChI is InChI=1S/C7H4Cl2O.C7H8ClN.C6H14N2O2/c8-6-2-1-5(4-10)7(9)3-6;8-7-4-2-1-3-6(7)5-9;7-4-2-1-3-5(8)6(9)10/h1-4H;1-4H,5,9H2;5H,1-4,7-8H2,(H,9,10)/t;;5-/m..0/s1. The third-order valence-corrected chi connectivity index (χ3v) is 4.48. The lowest BCUT2D eigenvalue weighted by Crippen LogP contribution is -2.29. The van der Waals surface area contributed by atoms with Crippen LogP contribution < -0.4 is 17.2 Å². The van der Waals surface area contributed by atoms with Gasteiger partial charge >= 0.3 is 5.97 Å². The van der Waals surface area contributed by atoms with Crippen LogP contribution in [-0.4, -0.2) is 29.9 Å². The van der Waals surface area contributed by atoms with E-state index in [1.807, 2.05) is 24.3 Å². The number of halogens is 3. The third kappa shape index (κ3) is 12.5. The van der Waals surface area contributed by atoms with Crippen LogP contribution in [0.5, 0.6) is 0 Å². The van der Waals surface area contributed by atoms with Crippen LogP contribution in [0.2, 0.25) is 15.1 Å². The molecule has 7 N–H and O–H groups in total. The van der Waals surface area contributed by atoms with Gasteiger partial charge < -0.3 is 22.3 Å². The summed E-state index contributed by atoms with van der Waals surface area (Å²) >= 11 is 16.9. The van der Waals surface area contributed by atoms with Crippen molar-refractivity contribution in [3.05, 3.63) is 68.7 Å². The van der Waals surface area contributed by atoms with Gasteiger partial charge in [-0.3, -0.25) is 9.59 Å². The minimum Gasteiger partial charge on any atom is -0.480 e. The lowest BCUT2D eigenvalue weighted by Gasteiger charge is -2.03. The van der Waals surface area contributed by atoms with E-state index in [-0.39, 0.29) is 0 Å². The molecule has 9 heteroatoms. The predicted molar refractivity (Wildman–Crippen MR) is 120 cm³/mol. The fourth-order valence-electron chi connectivity index (χ4n) is 1.89. The van der Waals surface area contributed by atoms with Crippen LogP contribution in [0.1, 0.15) is 35.2 Å². The highest BCUT2D eigenvalue weighted by atomic mass is 35.5. The summed E-state index contributed by atoms with van der Waals surface area (Å²) in [5.41, 5.74) is 17.2. The Bertz CT molecular complexity index is 761. The van der Waals surface area contributed by atoms with Gasteiger partial charge in [-0.15, -0.1) is 0 Å². The fourth-order valence-corrected chi connectivity index (χ4v) is 2.56. The molecule has 0 heterocycles. The first-order chi connectivity index (χ1) is 13.8. The molecule has 0 amide bonds. The Morgan fingerprint density at radius 1 is 1.03 bits per heavy atom. The van der Waals surface area contributed by atoms with Gasteiger partial charge in [-0.1, -0.05) is 59.4 Å². The second-order valence-corrected chi connectivity index (χ2v) is 7.06. The zero-order chi connectivity index (χ0) is 22.2. The Balaban J connectivity index is 0.000000406. The molecule has 1 atom stereocenters. The van der Waals surface area contributed by atoms with Gasteiger partial charge in [0.2, 0.25) is 0 Å². The average molecular weight is 463 g/mol. The van der Waals surface area contributed by atoms with Crippen LogP contribution in [0.4, 0.5) is 0 Å². The largest absolute Gasteiger partial charge is 0.480 e. The molecule has 0 aromatic heterocycles. The number of aldehydes is 1. The summed E-state index contributed by atoms with van der Waals surface area (Å²) in [4.78, 5) is 20.3. The smallest absolute Gasteiger partial charge is 0.320 e. The normalized spacial score (nSPS) is 10.7. The van der Waals surface area contributed by atoms with Crippen molar-refractivity contribution in [2.45, 2.75) is 31.8 Å². The van der Waals surface area contributed by atoms with E-state index in [0.717, 1.165) is 23.4 Å². The molecule has 2 aromatic rings. The van der Waals surface area contributed by atoms with Crippen LogP contribution in [0, 0.1) is 0 Å². The molecule has 0 aliphatic carbocycles. The number of hydrogen-bond acceptors (Lipinski definition) is 5. The molecule has 0 bridgehead atoms.